The molecular weight excluding hydrogens is 327 g/mol. The van der Waals surface area contributed by atoms with E-state index in [0.717, 1.165) is 23.3 Å². The molecule has 0 amide bonds. The maximum Gasteiger partial charge on any atom is 0.119 e. The fourth-order valence-electron chi connectivity index (χ4n) is 2.01. The lowest BCUT2D eigenvalue weighted by Crippen LogP contribution is -1.99. The molecule has 1 atom stereocenters. The fraction of sp³-hybridized carbons (Fsp3) is 0.294. The summed E-state index contributed by atoms with van der Waals surface area (Å²) in [4.78, 5) is 0. The Morgan fingerprint density at radius 2 is 1.86 bits per heavy atom. The van der Waals surface area contributed by atoms with Crippen LogP contribution in [-0.2, 0) is 6.42 Å². The first-order valence-electron chi connectivity index (χ1n) is 6.91. The maximum atomic E-state index is 6.51. The molecule has 0 aliphatic rings. The van der Waals surface area contributed by atoms with E-state index in [1.807, 2.05) is 36.4 Å². The summed E-state index contributed by atoms with van der Waals surface area (Å²) < 4.78 is 5.63. The van der Waals surface area contributed by atoms with Crippen LogP contribution in [0.3, 0.4) is 0 Å². The van der Waals surface area contributed by atoms with Gasteiger partial charge in [-0.15, -0.1) is 11.6 Å². The van der Waals surface area contributed by atoms with Gasteiger partial charge in [-0.2, -0.15) is 0 Å². The van der Waals surface area contributed by atoms with Crippen molar-refractivity contribution in [2.45, 2.75) is 25.1 Å². The summed E-state index contributed by atoms with van der Waals surface area (Å²) in [5.74, 6) is 0.856. The fourth-order valence-corrected chi connectivity index (χ4v) is 2.65. The van der Waals surface area contributed by atoms with Gasteiger partial charge in [-0.3, -0.25) is 0 Å². The molecule has 0 bridgehead atoms. The highest BCUT2D eigenvalue weighted by Crippen LogP contribution is 2.30. The highest BCUT2D eigenvalue weighted by Gasteiger charge is 2.11. The maximum absolute atomic E-state index is 6.51. The Bertz CT molecular complexity index is 598. The Hall–Kier alpha value is -0.890. The largest absolute Gasteiger partial charge is 0.494 e. The first kappa shape index (κ1) is 16.5. The van der Waals surface area contributed by atoms with Crippen LogP contribution in [0.1, 0.15) is 29.8 Å². The van der Waals surface area contributed by atoms with Crippen molar-refractivity contribution in [2.75, 3.05) is 6.61 Å². The van der Waals surface area contributed by atoms with E-state index >= 15 is 0 Å². The summed E-state index contributed by atoms with van der Waals surface area (Å²) >= 11 is 18.5. The van der Waals surface area contributed by atoms with E-state index in [9.17, 15) is 0 Å². The highest BCUT2D eigenvalue weighted by molar-refractivity contribution is 6.42. The third-order valence-corrected chi connectivity index (χ3v) is 4.24. The van der Waals surface area contributed by atoms with Gasteiger partial charge in [0.25, 0.3) is 0 Å². The lowest BCUT2D eigenvalue weighted by atomic mass is 10.0. The number of benzene rings is 2. The Morgan fingerprint density at radius 1 is 1.05 bits per heavy atom. The van der Waals surface area contributed by atoms with Crippen molar-refractivity contribution in [3.63, 3.8) is 0 Å². The van der Waals surface area contributed by atoms with Gasteiger partial charge in [-0.05, 0) is 48.2 Å². The van der Waals surface area contributed by atoms with Gasteiger partial charge in [0, 0.05) is 0 Å². The molecule has 1 unspecified atom stereocenters. The predicted molar refractivity (Wildman–Crippen MR) is 91.0 cm³/mol. The van der Waals surface area contributed by atoms with Crippen molar-refractivity contribution in [2.24, 2.45) is 0 Å². The Labute approximate surface area is 140 Å². The number of alkyl halides is 1. The molecule has 21 heavy (non-hydrogen) atoms. The topological polar surface area (TPSA) is 9.23 Å². The van der Waals surface area contributed by atoms with Crippen molar-refractivity contribution in [3.8, 4) is 5.75 Å². The molecule has 0 saturated carbocycles. The molecule has 0 saturated heterocycles. The van der Waals surface area contributed by atoms with Gasteiger partial charge in [0.05, 0.1) is 22.0 Å². The van der Waals surface area contributed by atoms with E-state index in [1.165, 1.54) is 0 Å². The summed E-state index contributed by atoms with van der Waals surface area (Å²) in [6, 6.07) is 13.5. The molecule has 0 radical (unpaired) electrons. The minimum Gasteiger partial charge on any atom is -0.494 e. The molecule has 0 aliphatic carbocycles. The Balaban J connectivity index is 2.08. The molecule has 0 aromatic heterocycles. The van der Waals surface area contributed by atoms with Crippen LogP contribution in [0, 0.1) is 0 Å². The second kappa shape index (κ2) is 7.93. The van der Waals surface area contributed by atoms with Crippen molar-refractivity contribution in [1.82, 2.24) is 0 Å². The van der Waals surface area contributed by atoms with Crippen LogP contribution in [-0.4, -0.2) is 6.61 Å². The van der Waals surface area contributed by atoms with Gasteiger partial charge in [0.2, 0.25) is 0 Å². The number of halogens is 3. The van der Waals surface area contributed by atoms with Gasteiger partial charge in [-0.25, -0.2) is 0 Å². The molecule has 2 rings (SSSR count). The van der Waals surface area contributed by atoms with Gasteiger partial charge >= 0.3 is 0 Å². The molecule has 0 heterocycles. The molecule has 2 aromatic rings. The summed E-state index contributed by atoms with van der Waals surface area (Å²) in [5, 5.41) is 0.979. The third kappa shape index (κ3) is 4.81. The van der Waals surface area contributed by atoms with Crippen molar-refractivity contribution >= 4 is 34.8 Å². The smallest absolute Gasteiger partial charge is 0.119 e. The van der Waals surface area contributed by atoms with Crippen LogP contribution in [0.2, 0.25) is 10.0 Å². The molecule has 0 fully saturated rings. The SMILES string of the molecule is CCCOc1cccc(C(Cl)Cc2ccc(Cl)c(Cl)c2)c1. The quantitative estimate of drug-likeness (QED) is 0.559. The molecule has 1 nitrogen and oxygen atoms in total. The van der Waals surface area contributed by atoms with Gasteiger partial charge in [0.15, 0.2) is 0 Å². The summed E-state index contributed by atoms with van der Waals surface area (Å²) in [7, 11) is 0. The van der Waals surface area contributed by atoms with Gasteiger partial charge in [-0.1, -0.05) is 48.3 Å². The van der Waals surface area contributed by atoms with E-state index in [0.29, 0.717) is 23.1 Å². The molecule has 0 spiro atoms. The predicted octanol–water partition coefficient (Wildman–Crippen LogP) is 6.30. The summed E-state index contributed by atoms with van der Waals surface area (Å²) in [5.41, 5.74) is 2.10. The molecular formula is C17H17Cl3O. The van der Waals surface area contributed by atoms with Crippen LogP contribution in [0.5, 0.6) is 5.75 Å². The molecule has 0 aliphatic heterocycles. The monoisotopic (exact) mass is 342 g/mol. The van der Waals surface area contributed by atoms with Gasteiger partial charge < -0.3 is 4.74 Å². The van der Waals surface area contributed by atoms with E-state index in [1.54, 1.807) is 6.07 Å². The summed E-state index contributed by atoms with van der Waals surface area (Å²) in [6.07, 6.45) is 1.67. The van der Waals surface area contributed by atoms with E-state index in [-0.39, 0.29) is 5.38 Å². The number of hydrogen-bond donors (Lipinski definition) is 0. The van der Waals surface area contributed by atoms with E-state index in [4.69, 9.17) is 39.5 Å². The van der Waals surface area contributed by atoms with Crippen LogP contribution in [0.25, 0.3) is 0 Å². The second-order valence-corrected chi connectivity index (χ2v) is 6.18. The van der Waals surface area contributed by atoms with E-state index in [2.05, 4.69) is 6.92 Å². The van der Waals surface area contributed by atoms with Crippen LogP contribution < -0.4 is 4.74 Å². The normalized spacial score (nSPS) is 12.2. The van der Waals surface area contributed by atoms with Crippen molar-refractivity contribution < 1.29 is 4.74 Å². The van der Waals surface area contributed by atoms with Crippen LogP contribution >= 0.6 is 34.8 Å². The average Bonchev–Trinajstić information content (AvgIpc) is 2.49. The molecule has 0 N–H and O–H groups in total. The lowest BCUT2D eigenvalue weighted by molar-refractivity contribution is 0.317. The van der Waals surface area contributed by atoms with Crippen LogP contribution in [0.4, 0.5) is 0 Å². The lowest BCUT2D eigenvalue weighted by Gasteiger charge is -2.12. The minimum absolute atomic E-state index is 0.132. The third-order valence-electron chi connectivity index (χ3n) is 3.09. The Kier molecular flexibility index (Phi) is 6.22. The average molecular weight is 344 g/mol. The zero-order chi connectivity index (χ0) is 15.2. The molecule has 4 heteroatoms. The number of rotatable bonds is 6. The highest BCUT2D eigenvalue weighted by atomic mass is 35.5. The first-order chi connectivity index (χ1) is 10.1. The molecule has 2 aromatic carbocycles. The number of ether oxygens (including phenoxy) is 1. The standard InChI is InChI=1S/C17H17Cl3O/c1-2-8-21-14-5-3-4-13(11-14)16(19)9-12-6-7-15(18)17(20)10-12/h3-7,10-11,16H,2,8-9H2,1H3. The summed E-state index contributed by atoms with van der Waals surface area (Å²) in [6.45, 7) is 2.79. The molecule has 112 valence electrons. The minimum atomic E-state index is -0.132. The van der Waals surface area contributed by atoms with Crippen molar-refractivity contribution in [3.05, 3.63) is 63.6 Å². The first-order valence-corrected chi connectivity index (χ1v) is 8.10. The zero-order valence-electron chi connectivity index (χ0n) is 11.8. The van der Waals surface area contributed by atoms with Crippen LogP contribution in [0.15, 0.2) is 42.5 Å². The number of hydrogen-bond acceptors (Lipinski definition) is 1. The zero-order valence-corrected chi connectivity index (χ0v) is 14.1. The van der Waals surface area contributed by atoms with E-state index < -0.39 is 0 Å². The Morgan fingerprint density at radius 3 is 2.57 bits per heavy atom. The van der Waals surface area contributed by atoms with Gasteiger partial charge in [0.1, 0.15) is 5.75 Å². The van der Waals surface area contributed by atoms with Crippen molar-refractivity contribution in [1.29, 1.82) is 0 Å². The second-order valence-electron chi connectivity index (χ2n) is 4.84.